The first-order valence-electron chi connectivity index (χ1n) is 5.95. The van der Waals surface area contributed by atoms with Crippen LogP contribution in [-0.4, -0.2) is 38.3 Å². The first-order valence-corrected chi connectivity index (χ1v) is 7.77. The van der Waals surface area contributed by atoms with Gasteiger partial charge in [-0.2, -0.15) is 4.31 Å². The molecule has 0 aromatic heterocycles. The van der Waals surface area contributed by atoms with E-state index in [4.69, 9.17) is 17.3 Å². The lowest BCUT2D eigenvalue weighted by atomic mass is 10.3. The second-order valence-electron chi connectivity index (χ2n) is 4.67. The van der Waals surface area contributed by atoms with Crippen molar-refractivity contribution in [3.63, 3.8) is 0 Å². The molecule has 6 nitrogen and oxygen atoms in total. The van der Waals surface area contributed by atoms with Gasteiger partial charge in [-0.25, -0.2) is 8.42 Å². The third-order valence-corrected chi connectivity index (χ3v) is 4.57. The van der Waals surface area contributed by atoms with Gasteiger partial charge in [-0.05, 0) is 32.0 Å². The number of rotatable bonds is 5. The van der Waals surface area contributed by atoms with E-state index in [0.717, 1.165) is 4.31 Å². The van der Waals surface area contributed by atoms with Gasteiger partial charge >= 0.3 is 0 Å². The van der Waals surface area contributed by atoms with Gasteiger partial charge in [0.25, 0.3) is 0 Å². The molecule has 0 bridgehead atoms. The second kappa shape index (κ2) is 6.43. The predicted molar refractivity (Wildman–Crippen MR) is 79.0 cm³/mol. The summed E-state index contributed by atoms with van der Waals surface area (Å²) < 4.78 is 25.6. The number of hydrogen-bond donors (Lipinski definition) is 2. The highest BCUT2D eigenvalue weighted by molar-refractivity contribution is 7.89. The Labute approximate surface area is 123 Å². The van der Waals surface area contributed by atoms with Crippen LogP contribution in [0.25, 0.3) is 0 Å². The number of nitrogen functional groups attached to an aromatic ring is 1. The standard InChI is InChI=1S/C12H18ClN3O3S/c1-8(2)15-12(17)7-16(3)20(18,19)11-6-9(13)4-5-10(11)14/h4-6,8H,7,14H2,1-3H3,(H,15,17). The summed E-state index contributed by atoms with van der Waals surface area (Å²) in [6, 6.07) is 4.12. The third-order valence-electron chi connectivity index (χ3n) is 2.48. The average Bonchev–Trinajstić information content (AvgIpc) is 2.30. The van der Waals surface area contributed by atoms with Gasteiger partial charge in [0.1, 0.15) is 4.90 Å². The number of anilines is 1. The van der Waals surface area contributed by atoms with E-state index in [9.17, 15) is 13.2 Å². The van der Waals surface area contributed by atoms with Crippen LogP contribution in [0.4, 0.5) is 5.69 Å². The number of halogens is 1. The van der Waals surface area contributed by atoms with Crippen LogP contribution < -0.4 is 11.1 Å². The molecule has 112 valence electrons. The molecular formula is C12H18ClN3O3S. The number of amides is 1. The fraction of sp³-hybridized carbons (Fsp3) is 0.417. The summed E-state index contributed by atoms with van der Waals surface area (Å²) in [6.45, 7) is 3.30. The van der Waals surface area contributed by atoms with Crippen LogP contribution in [-0.2, 0) is 14.8 Å². The fourth-order valence-corrected chi connectivity index (χ4v) is 3.06. The van der Waals surface area contributed by atoms with E-state index in [1.165, 1.54) is 25.2 Å². The second-order valence-corrected chi connectivity index (χ2v) is 7.12. The van der Waals surface area contributed by atoms with E-state index >= 15 is 0 Å². The Morgan fingerprint density at radius 3 is 2.60 bits per heavy atom. The van der Waals surface area contributed by atoms with Crippen LogP contribution in [0, 0.1) is 0 Å². The first-order chi connectivity index (χ1) is 9.14. The maximum absolute atomic E-state index is 12.3. The van der Waals surface area contributed by atoms with Crippen LogP contribution in [0.15, 0.2) is 23.1 Å². The largest absolute Gasteiger partial charge is 0.398 e. The Hall–Kier alpha value is -1.31. The molecule has 0 atom stereocenters. The van der Waals surface area contributed by atoms with Crippen LogP contribution in [0.5, 0.6) is 0 Å². The molecule has 20 heavy (non-hydrogen) atoms. The number of likely N-dealkylation sites (N-methyl/N-ethyl adjacent to an activating group) is 1. The average molecular weight is 320 g/mol. The molecule has 0 unspecified atom stereocenters. The SMILES string of the molecule is CC(C)NC(=O)CN(C)S(=O)(=O)c1cc(Cl)ccc1N. The van der Waals surface area contributed by atoms with Crippen LogP contribution in [0.1, 0.15) is 13.8 Å². The summed E-state index contributed by atoms with van der Waals surface area (Å²) in [7, 11) is -2.54. The molecule has 0 fully saturated rings. The molecule has 1 rings (SSSR count). The van der Waals surface area contributed by atoms with E-state index in [0.29, 0.717) is 0 Å². The molecule has 1 aromatic rings. The van der Waals surface area contributed by atoms with Crippen molar-refractivity contribution in [2.45, 2.75) is 24.8 Å². The quantitative estimate of drug-likeness (QED) is 0.794. The highest BCUT2D eigenvalue weighted by Crippen LogP contribution is 2.24. The van der Waals surface area contributed by atoms with Crippen LogP contribution in [0.3, 0.4) is 0 Å². The van der Waals surface area contributed by atoms with Crippen molar-refractivity contribution in [2.24, 2.45) is 0 Å². The Kier molecular flexibility index (Phi) is 5.38. The van der Waals surface area contributed by atoms with Crippen molar-refractivity contribution >= 4 is 33.2 Å². The summed E-state index contributed by atoms with van der Waals surface area (Å²) in [6.07, 6.45) is 0. The lowest BCUT2D eigenvalue weighted by Gasteiger charge is -2.19. The fourth-order valence-electron chi connectivity index (χ4n) is 1.55. The van der Waals surface area contributed by atoms with Crippen LogP contribution >= 0.6 is 11.6 Å². The maximum atomic E-state index is 12.3. The Morgan fingerprint density at radius 1 is 1.45 bits per heavy atom. The van der Waals surface area contributed by atoms with E-state index in [2.05, 4.69) is 5.32 Å². The summed E-state index contributed by atoms with van der Waals surface area (Å²) in [4.78, 5) is 11.5. The molecule has 0 aliphatic heterocycles. The number of carbonyl (C=O) groups excluding carboxylic acids is 1. The van der Waals surface area contributed by atoms with E-state index in [1.54, 1.807) is 13.8 Å². The number of hydrogen-bond acceptors (Lipinski definition) is 4. The van der Waals surface area contributed by atoms with Gasteiger partial charge in [-0.15, -0.1) is 0 Å². The molecule has 3 N–H and O–H groups in total. The van der Waals surface area contributed by atoms with Crippen molar-refractivity contribution in [1.29, 1.82) is 0 Å². The Morgan fingerprint density at radius 2 is 2.05 bits per heavy atom. The molecule has 0 aliphatic rings. The third kappa shape index (κ3) is 4.09. The number of nitrogens with one attached hydrogen (secondary N) is 1. The summed E-state index contributed by atoms with van der Waals surface area (Å²) in [5.74, 6) is -0.383. The topological polar surface area (TPSA) is 92.5 Å². The minimum absolute atomic E-state index is 0.0603. The molecule has 8 heteroatoms. The smallest absolute Gasteiger partial charge is 0.245 e. The minimum atomic E-state index is -3.86. The van der Waals surface area contributed by atoms with E-state index in [1.807, 2.05) is 0 Å². The normalized spacial score (nSPS) is 11.9. The number of sulfonamides is 1. The molecule has 1 aromatic carbocycles. The van der Waals surface area contributed by atoms with Crippen molar-refractivity contribution in [2.75, 3.05) is 19.3 Å². The zero-order valence-electron chi connectivity index (χ0n) is 11.6. The van der Waals surface area contributed by atoms with Crippen molar-refractivity contribution < 1.29 is 13.2 Å². The molecule has 0 saturated heterocycles. The maximum Gasteiger partial charge on any atom is 0.245 e. The van der Waals surface area contributed by atoms with Gasteiger partial charge in [0, 0.05) is 18.1 Å². The summed E-state index contributed by atoms with van der Waals surface area (Å²) in [5.41, 5.74) is 5.75. The van der Waals surface area contributed by atoms with Gasteiger partial charge in [-0.1, -0.05) is 11.6 Å². The van der Waals surface area contributed by atoms with Crippen molar-refractivity contribution in [3.05, 3.63) is 23.2 Å². The van der Waals surface area contributed by atoms with Gasteiger partial charge in [0.05, 0.1) is 12.2 Å². The number of nitrogens with two attached hydrogens (primary N) is 1. The Balaban J connectivity index is 2.98. The van der Waals surface area contributed by atoms with E-state index in [-0.39, 0.29) is 34.1 Å². The van der Waals surface area contributed by atoms with Crippen LogP contribution in [0.2, 0.25) is 5.02 Å². The zero-order chi connectivity index (χ0) is 15.5. The lowest BCUT2D eigenvalue weighted by molar-refractivity contribution is -0.121. The molecule has 0 aliphatic carbocycles. The molecular weight excluding hydrogens is 302 g/mol. The highest BCUT2D eigenvalue weighted by Gasteiger charge is 2.25. The molecule has 1 amide bonds. The predicted octanol–water partition coefficient (Wildman–Crippen LogP) is 1.07. The van der Waals surface area contributed by atoms with Gasteiger partial charge < -0.3 is 11.1 Å². The minimum Gasteiger partial charge on any atom is -0.398 e. The van der Waals surface area contributed by atoms with Gasteiger partial charge in [0.2, 0.25) is 15.9 Å². The van der Waals surface area contributed by atoms with Gasteiger partial charge in [0.15, 0.2) is 0 Å². The molecule has 0 saturated carbocycles. The molecule has 0 heterocycles. The zero-order valence-corrected chi connectivity index (χ0v) is 13.1. The summed E-state index contributed by atoms with van der Waals surface area (Å²) >= 11 is 5.78. The summed E-state index contributed by atoms with van der Waals surface area (Å²) in [5, 5.41) is 2.88. The van der Waals surface area contributed by atoms with Gasteiger partial charge in [-0.3, -0.25) is 4.79 Å². The first kappa shape index (κ1) is 16.7. The monoisotopic (exact) mass is 319 g/mol. The lowest BCUT2D eigenvalue weighted by Crippen LogP contribution is -2.40. The van der Waals surface area contributed by atoms with Crippen molar-refractivity contribution in [1.82, 2.24) is 9.62 Å². The van der Waals surface area contributed by atoms with Crippen molar-refractivity contribution in [3.8, 4) is 0 Å². The number of nitrogens with zero attached hydrogens (tertiary/aromatic N) is 1. The Bertz CT molecular complexity index is 602. The molecule has 0 radical (unpaired) electrons. The number of carbonyl (C=O) groups is 1. The van der Waals surface area contributed by atoms with E-state index < -0.39 is 10.0 Å². The highest BCUT2D eigenvalue weighted by atomic mass is 35.5. The molecule has 0 spiro atoms. The number of benzene rings is 1.